The molecule has 0 aliphatic carbocycles. The van der Waals surface area contributed by atoms with Crippen LogP contribution in [-0.4, -0.2) is 17.1 Å². The molecule has 0 saturated carbocycles. The fourth-order valence-corrected chi connectivity index (χ4v) is 2.60. The lowest BCUT2D eigenvalue weighted by Gasteiger charge is -1.99. The molecule has 0 atom stereocenters. The van der Waals surface area contributed by atoms with Crippen LogP contribution in [0.5, 0.6) is 5.75 Å². The second kappa shape index (κ2) is 3.72. The number of rotatable bonds is 1. The molecule has 4 rings (SSSR count). The molecule has 2 aromatic heterocycles. The molecule has 0 bridgehead atoms. The van der Waals surface area contributed by atoms with Crippen LogP contribution < -0.4 is 4.74 Å². The van der Waals surface area contributed by atoms with E-state index in [4.69, 9.17) is 4.74 Å². The first-order valence-corrected chi connectivity index (χ1v) is 6.20. The molecule has 0 fully saturated rings. The quantitative estimate of drug-likeness (QED) is 0.555. The summed E-state index contributed by atoms with van der Waals surface area (Å²) in [6.07, 6.45) is 1.93. The molecule has 0 radical (unpaired) electrons. The van der Waals surface area contributed by atoms with Crippen LogP contribution in [0.3, 0.4) is 0 Å². The Balaban J connectivity index is 2.21. The maximum atomic E-state index is 5.29. The number of pyridine rings is 1. The molecule has 19 heavy (non-hydrogen) atoms. The third kappa shape index (κ3) is 1.41. The molecule has 0 aliphatic rings. The first-order chi connectivity index (χ1) is 9.36. The maximum Gasteiger partial charge on any atom is 0.119 e. The predicted octanol–water partition coefficient (Wildman–Crippen LogP) is 3.88. The highest BCUT2D eigenvalue weighted by Crippen LogP contribution is 2.31. The zero-order valence-electron chi connectivity index (χ0n) is 10.5. The maximum absolute atomic E-state index is 5.29. The largest absolute Gasteiger partial charge is 0.497 e. The molecule has 0 aliphatic heterocycles. The van der Waals surface area contributed by atoms with Crippen molar-refractivity contribution in [1.82, 2.24) is 9.97 Å². The summed E-state index contributed by atoms with van der Waals surface area (Å²) in [6.45, 7) is 0. The van der Waals surface area contributed by atoms with Gasteiger partial charge in [0.05, 0.1) is 18.1 Å². The van der Waals surface area contributed by atoms with Crippen molar-refractivity contribution >= 4 is 32.7 Å². The number of fused-ring (bicyclic) bond motifs is 5. The summed E-state index contributed by atoms with van der Waals surface area (Å²) in [5.74, 6) is 0.863. The second-order valence-electron chi connectivity index (χ2n) is 4.60. The smallest absolute Gasteiger partial charge is 0.119 e. The van der Waals surface area contributed by atoms with Gasteiger partial charge in [0.15, 0.2) is 0 Å². The average Bonchev–Trinajstić information content (AvgIpc) is 2.85. The molecule has 0 amide bonds. The molecule has 92 valence electrons. The van der Waals surface area contributed by atoms with Gasteiger partial charge in [-0.25, -0.2) is 0 Å². The number of aromatic nitrogens is 2. The number of nitrogens with one attached hydrogen (secondary N) is 1. The van der Waals surface area contributed by atoms with Gasteiger partial charge >= 0.3 is 0 Å². The van der Waals surface area contributed by atoms with Crippen molar-refractivity contribution < 1.29 is 4.74 Å². The molecular weight excluding hydrogens is 236 g/mol. The van der Waals surface area contributed by atoms with E-state index >= 15 is 0 Å². The predicted molar refractivity (Wildman–Crippen MR) is 77.7 cm³/mol. The number of nitrogens with zero attached hydrogens (tertiary/aromatic N) is 1. The Morgan fingerprint density at radius 3 is 2.79 bits per heavy atom. The molecule has 4 aromatic rings. The lowest BCUT2D eigenvalue weighted by Crippen LogP contribution is -1.81. The zero-order valence-corrected chi connectivity index (χ0v) is 10.5. The minimum absolute atomic E-state index is 0.863. The van der Waals surface area contributed by atoms with Crippen LogP contribution in [0.15, 0.2) is 48.7 Å². The Bertz CT molecular complexity index is 908. The molecule has 3 heteroatoms. The number of benzene rings is 2. The minimum atomic E-state index is 0.863. The van der Waals surface area contributed by atoms with E-state index in [9.17, 15) is 0 Å². The standard InChI is InChI=1S/C16H12N2O/c1-19-10-6-7-15-12(8-10)13-9-17-14-5-3-2-4-11(14)16(13)18-15/h2-9,18H,1H3. The highest BCUT2D eigenvalue weighted by atomic mass is 16.5. The van der Waals surface area contributed by atoms with Crippen LogP contribution in [0.25, 0.3) is 32.7 Å². The Morgan fingerprint density at radius 2 is 1.89 bits per heavy atom. The highest BCUT2D eigenvalue weighted by Gasteiger charge is 2.08. The molecular formula is C16H12N2O. The average molecular weight is 248 g/mol. The number of hydrogen-bond acceptors (Lipinski definition) is 2. The molecule has 3 nitrogen and oxygen atoms in total. The Labute approximate surface area is 109 Å². The lowest BCUT2D eigenvalue weighted by molar-refractivity contribution is 0.415. The number of methoxy groups -OCH3 is 1. The summed E-state index contributed by atoms with van der Waals surface area (Å²) >= 11 is 0. The number of H-pyrrole nitrogens is 1. The van der Waals surface area contributed by atoms with Crippen molar-refractivity contribution in [3.05, 3.63) is 48.7 Å². The third-order valence-corrected chi connectivity index (χ3v) is 3.55. The van der Waals surface area contributed by atoms with Crippen LogP contribution in [0.1, 0.15) is 0 Å². The van der Waals surface area contributed by atoms with Gasteiger partial charge in [-0.2, -0.15) is 0 Å². The van der Waals surface area contributed by atoms with Crippen molar-refractivity contribution in [2.45, 2.75) is 0 Å². The number of para-hydroxylation sites is 1. The molecule has 0 spiro atoms. The topological polar surface area (TPSA) is 37.9 Å². The van der Waals surface area contributed by atoms with Gasteiger partial charge in [-0.15, -0.1) is 0 Å². The van der Waals surface area contributed by atoms with E-state index in [-0.39, 0.29) is 0 Å². The van der Waals surface area contributed by atoms with Gasteiger partial charge in [0.2, 0.25) is 0 Å². The van der Waals surface area contributed by atoms with Gasteiger partial charge < -0.3 is 9.72 Å². The Morgan fingerprint density at radius 1 is 1.00 bits per heavy atom. The lowest BCUT2D eigenvalue weighted by atomic mass is 10.1. The molecule has 2 aromatic carbocycles. The fraction of sp³-hybridized carbons (Fsp3) is 0.0625. The van der Waals surface area contributed by atoms with Gasteiger partial charge in [0.25, 0.3) is 0 Å². The fourth-order valence-electron chi connectivity index (χ4n) is 2.60. The molecule has 0 unspecified atom stereocenters. The SMILES string of the molecule is COc1ccc2[nH]c3c4ccccc4ncc3c2c1. The number of hydrogen-bond donors (Lipinski definition) is 1. The van der Waals surface area contributed by atoms with E-state index in [2.05, 4.69) is 16.0 Å². The molecule has 2 heterocycles. The van der Waals surface area contributed by atoms with Crippen LogP contribution in [0.2, 0.25) is 0 Å². The van der Waals surface area contributed by atoms with Crippen molar-refractivity contribution in [2.75, 3.05) is 7.11 Å². The Kier molecular flexibility index (Phi) is 2.03. The van der Waals surface area contributed by atoms with Crippen LogP contribution in [0, 0.1) is 0 Å². The minimum Gasteiger partial charge on any atom is -0.497 e. The number of aromatic amines is 1. The van der Waals surface area contributed by atoms with Gasteiger partial charge in [-0.05, 0) is 24.3 Å². The summed E-state index contributed by atoms with van der Waals surface area (Å²) < 4.78 is 5.29. The van der Waals surface area contributed by atoms with E-state index in [1.54, 1.807) is 7.11 Å². The summed E-state index contributed by atoms with van der Waals surface area (Å²) in [4.78, 5) is 8.00. The summed E-state index contributed by atoms with van der Waals surface area (Å²) in [6, 6.07) is 14.2. The monoisotopic (exact) mass is 248 g/mol. The second-order valence-corrected chi connectivity index (χ2v) is 4.60. The van der Waals surface area contributed by atoms with Gasteiger partial charge in [0, 0.05) is 27.9 Å². The Hall–Kier alpha value is -2.55. The van der Waals surface area contributed by atoms with E-state index in [0.717, 1.165) is 38.5 Å². The normalized spacial score (nSPS) is 11.4. The van der Waals surface area contributed by atoms with Crippen molar-refractivity contribution in [1.29, 1.82) is 0 Å². The van der Waals surface area contributed by atoms with Crippen molar-refractivity contribution in [3.8, 4) is 5.75 Å². The van der Waals surface area contributed by atoms with E-state index in [1.807, 2.05) is 42.6 Å². The first kappa shape index (κ1) is 10.4. The van der Waals surface area contributed by atoms with E-state index in [0.29, 0.717) is 0 Å². The highest BCUT2D eigenvalue weighted by molar-refractivity contribution is 6.15. The van der Waals surface area contributed by atoms with Gasteiger partial charge in [-0.1, -0.05) is 18.2 Å². The van der Waals surface area contributed by atoms with Gasteiger partial charge in [-0.3, -0.25) is 4.98 Å². The van der Waals surface area contributed by atoms with Crippen LogP contribution in [-0.2, 0) is 0 Å². The molecule has 0 saturated heterocycles. The summed E-state index contributed by atoms with van der Waals surface area (Å²) in [5.41, 5.74) is 3.25. The summed E-state index contributed by atoms with van der Waals surface area (Å²) in [7, 11) is 1.68. The van der Waals surface area contributed by atoms with Crippen LogP contribution in [0.4, 0.5) is 0 Å². The van der Waals surface area contributed by atoms with Crippen LogP contribution >= 0.6 is 0 Å². The molecule has 1 N–H and O–H groups in total. The zero-order chi connectivity index (χ0) is 12.8. The van der Waals surface area contributed by atoms with Crippen molar-refractivity contribution in [3.63, 3.8) is 0 Å². The summed E-state index contributed by atoms with van der Waals surface area (Å²) in [5, 5.41) is 3.43. The third-order valence-electron chi connectivity index (χ3n) is 3.55. The van der Waals surface area contributed by atoms with E-state index in [1.165, 1.54) is 0 Å². The van der Waals surface area contributed by atoms with Crippen molar-refractivity contribution in [2.24, 2.45) is 0 Å². The first-order valence-electron chi connectivity index (χ1n) is 6.20. The number of ether oxygens (including phenoxy) is 1. The van der Waals surface area contributed by atoms with Gasteiger partial charge in [0.1, 0.15) is 5.75 Å². The van der Waals surface area contributed by atoms with E-state index < -0.39 is 0 Å².